The fourth-order valence-electron chi connectivity index (χ4n) is 5.20. The number of para-hydroxylation sites is 1. The Labute approximate surface area is 191 Å². The highest BCUT2D eigenvalue weighted by Crippen LogP contribution is 2.46. The first kappa shape index (κ1) is 23.0. The monoisotopic (exact) mass is 454 g/mol. The van der Waals surface area contributed by atoms with Crippen molar-refractivity contribution in [2.75, 3.05) is 0 Å². The van der Waals surface area contributed by atoms with Gasteiger partial charge in [0, 0.05) is 29.2 Å². The van der Waals surface area contributed by atoms with Crippen LogP contribution < -0.4 is 5.32 Å². The lowest BCUT2D eigenvalue weighted by Crippen LogP contribution is -2.44. The van der Waals surface area contributed by atoms with Crippen LogP contribution in [0.3, 0.4) is 0 Å². The topological polar surface area (TPSA) is 71.3 Å². The number of hydrogen-bond donors (Lipinski definition) is 2. The smallest absolute Gasteiger partial charge is 0.303 e. The van der Waals surface area contributed by atoms with E-state index in [9.17, 15) is 23.5 Å². The molecule has 3 aromatic rings. The van der Waals surface area contributed by atoms with Gasteiger partial charge in [-0.25, -0.2) is 8.78 Å². The minimum Gasteiger partial charge on any atom is -0.481 e. The maximum atomic E-state index is 13.4. The maximum absolute atomic E-state index is 13.4. The number of amides is 1. The van der Waals surface area contributed by atoms with Crippen LogP contribution in [-0.4, -0.2) is 27.1 Å². The van der Waals surface area contributed by atoms with Crippen LogP contribution in [0.5, 0.6) is 0 Å². The van der Waals surface area contributed by atoms with E-state index in [1.807, 2.05) is 42.8 Å². The van der Waals surface area contributed by atoms with Gasteiger partial charge in [-0.3, -0.25) is 9.59 Å². The van der Waals surface area contributed by atoms with Crippen LogP contribution in [0.15, 0.2) is 54.7 Å². The van der Waals surface area contributed by atoms with E-state index in [0.717, 1.165) is 29.3 Å². The predicted octanol–water partition coefficient (Wildman–Crippen LogP) is 5.78. The molecule has 1 aliphatic rings. The molecule has 2 aromatic carbocycles. The molecule has 4 rings (SSSR count). The predicted molar refractivity (Wildman–Crippen MR) is 123 cm³/mol. The van der Waals surface area contributed by atoms with Gasteiger partial charge in [-0.1, -0.05) is 43.3 Å². The summed E-state index contributed by atoms with van der Waals surface area (Å²) in [7, 11) is 0. The molecular weight excluding hydrogens is 426 g/mol. The Morgan fingerprint density at radius 2 is 1.82 bits per heavy atom. The van der Waals surface area contributed by atoms with Gasteiger partial charge in [0.1, 0.15) is 0 Å². The summed E-state index contributed by atoms with van der Waals surface area (Å²) in [6.45, 7) is 4.39. The molecule has 1 aromatic heterocycles. The summed E-state index contributed by atoms with van der Waals surface area (Å²) in [6.07, 6.45) is 1.54. The normalized spacial score (nSPS) is 22.7. The van der Waals surface area contributed by atoms with Gasteiger partial charge in [0.15, 0.2) is 0 Å². The average molecular weight is 455 g/mol. The average Bonchev–Trinajstić information content (AvgIpc) is 3.28. The molecule has 0 saturated heterocycles. The molecule has 0 spiro atoms. The number of carbonyl (C=O) groups excluding carboxylic acids is 1. The summed E-state index contributed by atoms with van der Waals surface area (Å²) in [6, 6.07) is 13.7. The van der Waals surface area contributed by atoms with Gasteiger partial charge in [-0.15, -0.1) is 0 Å². The van der Waals surface area contributed by atoms with Crippen molar-refractivity contribution in [2.24, 2.45) is 5.41 Å². The zero-order valence-electron chi connectivity index (χ0n) is 18.8. The number of carbonyl (C=O) groups is 2. The van der Waals surface area contributed by atoms with Gasteiger partial charge in [-0.05, 0) is 49.3 Å². The number of carboxylic acid groups (broad SMARTS) is 1. The van der Waals surface area contributed by atoms with Crippen molar-refractivity contribution in [1.29, 1.82) is 0 Å². The Balaban J connectivity index is 1.57. The van der Waals surface area contributed by atoms with Gasteiger partial charge in [0.2, 0.25) is 0 Å². The molecule has 5 nitrogen and oxygen atoms in total. The van der Waals surface area contributed by atoms with Crippen molar-refractivity contribution in [3.63, 3.8) is 0 Å². The molecule has 1 heterocycles. The number of nitrogens with one attached hydrogen (secondary N) is 1. The quantitative estimate of drug-likeness (QED) is 0.475. The van der Waals surface area contributed by atoms with Crippen LogP contribution in [0, 0.1) is 5.41 Å². The fraction of sp³-hybridized carbons (Fsp3) is 0.385. The summed E-state index contributed by atoms with van der Waals surface area (Å²) in [5, 5.41) is 13.3. The number of nitrogens with zero attached hydrogens (tertiary/aromatic N) is 1. The van der Waals surface area contributed by atoms with Crippen molar-refractivity contribution in [3.05, 3.63) is 71.4 Å². The van der Waals surface area contributed by atoms with Gasteiger partial charge in [-0.2, -0.15) is 0 Å². The van der Waals surface area contributed by atoms with E-state index in [1.165, 1.54) is 12.1 Å². The molecule has 1 saturated carbocycles. The van der Waals surface area contributed by atoms with E-state index in [1.54, 1.807) is 18.2 Å². The van der Waals surface area contributed by atoms with Crippen molar-refractivity contribution < 1.29 is 23.5 Å². The number of aromatic nitrogens is 1. The van der Waals surface area contributed by atoms with Crippen molar-refractivity contribution >= 4 is 22.8 Å². The fourth-order valence-corrected chi connectivity index (χ4v) is 5.20. The van der Waals surface area contributed by atoms with Crippen LogP contribution in [-0.2, 0) is 11.3 Å². The SMILES string of the molecule is CC1(NC(=O)c2cccc3ccn(Cc4ccc(C(F)F)cc4)c23)CC[C@@](C)(CC(=O)O)C1. The molecule has 0 aliphatic heterocycles. The number of fused-ring (bicyclic) bond motifs is 1. The number of aliphatic carboxylic acids is 1. The molecule has 7 heteroatoms. The van der Waals surface area contributed by atoms with Gasteiger partial charge in [0.05, 0.1) is 17.5 Å². The zero-order valence-corrected chi connectivity index (χ0v) is 18.8. The Bertz CT molecular complexity index is 1190. The number of hydrogen-bond acceptors (Lipinski definition) is 2. The Morgan fingerprint density at radius 3 is 2.48 bits per heavy atom. The highest BCUT2D eigenvalue weighted by atomic mass is 19.3. The standard InChI is InChI=1S/C26H28F2N2O3/c1-25(14-21(31)32)11-12-26(2,16-25)29-24(33)20-5-3-4-18-10-13-30(22(18)20)15-17-6-8-19(9-7-17)23(27)28/h3-10,13,23H,11-12,14-16H2,1-2H3,(H,29,33)(H,31,32)/t25-,26?/m0/s1. The second-order valence-electron chi connectivity index (χ2n) is 9.80. The lowest BCUT2D eigenvalue weighted by Gasteiger charge is -2.29. The molecule has 1 fully saturated rings. The van der Waals surface area contributed by atoms with E-state index in [4.69, 9.17) is 0 Å². The van der Waals surface area contributed by atoms with Crippen molar-refractivity contribution in [1.82, 2.24) is 9.88 Å². The molecule has 2 N–H and O–H groups in total. The maximum Gasteiger partial charge on any atom is 0.303 e. The minimum atomic E-state index is -2.50. The molecular formula is C26H28F2N2O3. The van der Waals surface area contributed by atoms with Crippen molar-refractivity contribution in [3.8, 4) is 0 Å². The molecule has 1 aliphatic carbocycles. The zero-order chi connectivity index (χ0) is 23.8. The Kier molecular flexibility index (Phi) is 5.99. The molecule has 1 amide bonds. The highest BCUT2D eigenvalue weighted by Gasteiger charge is 2.44. The third-order valence-electron chi connectivity index (χ3n) is 6.71. The summed E-state index contributed by atoms with van der Waals surface area (Å²) >= 11 is 0. The lowest BCUT2D eigenvalue weighted by molar-refractivity contribution is -0.139. The first-order valence-electron chi connectivity index (χ1n) is 11.1. The van der Waals surface area contributed by atoms with Crippen LogP contribution in [0.1, 0.15) is 67.4 Å². The highest BCUT2D eigenvalue weighted by molar-refractivity contribution is 6.06. The molecule has 0 bridgehead atoms. The van der Waals surface area contributed by atoms with Crippen LogP contribution in [0.4, 0.5) is 8.78 Å². The van der Waals surface area contributed by atoms with Crippen molar-refractivity contribution in [2.45, 2.75) is 58.0 Å². The molecule has 1 unspecified atom stereocenters. The number of alkyl halides is 2. The van der Waals surface area contributed by atoms with Gasteiger partial charge >= 0.3 is 5.97 Å². The first-order chi connectivity index (χ1) is 15.6. The Hall–Kier alpha value is -3.22. The minimum absolute atomic E-state index is 0.0177. The summed E-state index contributed by atoms with van der Waals surface area (Å²) in [5.41, 5.74) is 1.34. The second kappa shape index (κ2) is 8.61. The third-order valence-corrected chi connectivity index (χ3v) is 6.71. The summed E-state index contributed by atoms with van der Waals surface area (Å²) < 4.78 is 27.7. The molecule has 2 atom stereocenters. The van der Waals surface area contributed by atoms with E-state index >= 15 is 0 Å². The third kappa shape index (κ3) is 4.92. The van der Waals surface area contributed by atoms with E-state index in [0.29, 0.717) is 18.5 Å². The number of carboxylic acids is 1. The lowest BCUT2D eigenvalue weighted by atomic mass is 9.83. The van der Waals surface area contributed by atoms with E-state index in [2.05, 4.69) is 5.32 Å². The number of halogens is 2. The molecule has 174 valence electrons. The van der Waals surface area contributed by atoms with Gasteiger partial charge in [0.25, 0.3) is 12.3 Å². The van der Waals surface area contributed by atoms with Crippen LogP contribution in [0.25, 0.3) is 10.9 Å². The van der Waals surface area contributed by atoms with E-state index < -0.39 is 17.9 Å². The van der Waals surface area contributed by atoms with Gasteiger partial charge < -0.3 is 15.0 Å². The first-order valence-corrected chi connectivity index (χ1v) is 11.1. The van der Waals surface area contributed by atoms with Crippen LogP contribution >= 0.6 is 0 Å². The van der Waals surface area contributed by atoms with E-state index in [-0.39, 0.29) is 23.3 Å². The number of rotatable bonds is 7. The summed E-state index contributed by atoms with van der Waals surface area (Å²) in [4.78, 5) is 24.6. The summed E-state index contributed by atoms with van der Waals surface area (Å²) in [5.74, 6) is -1.02. The number of benzene rings is 2. The molecule has 33 heavy (non-hydrogen) atoms. The Morgan fingerprint density at radius 1 is 1.09 bits per heavy atom. The largest absolute Gasteiger partial charge is 0.481 e. The molecule has 0 radical (unpaired) electrons. The van der Waals surface area contributed by atoms with Crippen LogP contribution in [0.2, 0.25) is 0 Å². The second-order valence-corrected chi connectivity index (χ2v) is 9.80.